The van der Waals surface area contributed by atoms with E-state index in [0.717, 1.165) is 24.2 Å². The van der Waals surface area contributed by atoms with Gasteiger partial charge >= 0.3 is 0 Å². The lowest BCUT2D eigenvalue weighted by atomic mass is 9.93. The molecule has 3 atom stereocenters. The van der Waals surface area contributed by atoms with Crippen molar-refractivity contribution in [3.63, 3.8) is 0 Å². The number of hydrogen-bond acceptors (Lipinski definition) is 3. The summed E-state index contributed by atoms with van der Waals surface area (Å²) in [6.45, 7) is 6.23. The van der Waals surface area contributed by atoms with Crippen LogP contribution in [0.2, 0.25) is 0 Å². The fourth-order valence-electron chi connectivity index (χ4n) is 3.00. The molecule has 25 heavy (non-hydrogen) atoms. The van der Waals surface area contributed by atoms with Gasteiger partial charge in [-0.3, -0.25) is 4.79 Å². The average molecular weight is 340 g/mol. The summed E-state index contributed by atoms with van der Waals surface area (Å²) in [6.07, 6.45) is 0.376. The third-order valence-electron chi connectivity index (χ3n) is 4.27. The van der Waals surface area contributed by atoms with E-state index in [1.807, 2.05) is 43.3 Å². The van der Waals surface area contributed by atoms with Crippen molar-refractivity contribution in [1.82, 2.24) is 5.32 Å². The van der Waals surface area contributed by atoms with Crippen LogP contribution in [-0.2, 0) is 4.79 Å². The average Bonchev–Trinajstić information content (AvgIpc) is 2.58. The number of carbonyl (C=O) groups is 1. The van der Waals surface area contributed by atoms with Gasteiger partial charge < -0.3 is 15.7 Å². The van der Waals surface area contributed by atoms with Crippen molar-refractivity contribution in [3.05, 3.63) is 65.7 Å². The molecular formula is C21H28N2O2. The van der Waals surface area contributed by atoms with Gasteiger partial charge in [-0.1, -0.05) is 42.5 Å². The van der Waals surface area contributed by atoms with E-state index in [4.69, 9.17) is 0 Å². The van der Waals surface area contributed by atoms with Crippen molar-refractivity contribution < 1.29 is 9.90 Å². The topological polar surface area (TPSA) is 61.4 Å². The maximum absolute atomic E-state index is 11.2. The second kappa shape index (κ2) is 9.35. The van der Waals surface area contributed by atoms with Gasteiger partial charge in [-0.2, -0.15) is 0 Å². The number of amides is 1. The van der Waals surface area contributed by atoms with Crippen LogP contribution < -0.4 is 10.6 Å². The monoisotopic (exact) mass is 340 g/mol. The molecule has 0 fully saturated rings. The Balaban J connectivity index is 2.03. The van der Waals surface area contributed by atoms with E-state index in [2.05, 4.69) is 35.8 Å². The molecule has 2 aromatic carbocycles. The Morgan fingerprint density at radius 2 is 1.72 bits per heavy atom. The molecule has 0 heterocycles. The zero-order chi connectivity index (χ0) is 18.2. The van der Waals surface area contributed by atoms with Gasteiger partial charge in [-0.05, 0) is 49.4 Å². The van der Waals surface area contributed by atoms with Crippen LogP contribution in [0, 0.1) is 0 Å². The summed E-state index contributed by atoms with van der Waals surface area (Å²) >= 11 is 0. The van der Waals surface area contributed by atoms with Gasteiger partial charge in [0.15, 0.2) is 0 Å². The summed E-state index contributed by atoms with van der Waals surface area (Å²) in [5, 5.41) is 16.2. The SMILES string of the molecule is CC(=O)Nc1cccc([C@H](C)NC[C@@H](C[C@H](C)O)c2ccccc2)c1. The highest BCUT2D eigenvalue weighted by atomic mass is 16.3. The molecule has 4 nitrogen and oxygen atoms in total. The molecule has 2 rings (SSSR count). The standard InChI is InChI=1S/C21H28N2O2/c1-15(24)12-20(18-8-5-4-6-9-18)14-22-16(2)19-10-7-11-21(13-19)23-17(3)25/h4-11,13,15-16,20,22,24H,12,14H2,1-3H3,(H,23,25)/t15-,16-,20+/m0/s1. The number of hydrogen-bond donors (Lipinski definition) is 3. The first-order chi connectivity index (χ1) is 12.0. The largest absolute Gasteiger partial charge is 0.393 e. The molecule has 0 aliphatic rings. The number of aliphatic hydroxyl groups excluding tert-OH is 1. The zero-order valence-corrected chi connectivity index (χ0v) is 15.2. The van der Waals surface area contributed by atoms with Crippen molar-refractivity contribution in [2.24, 2.45) is 0 Å². The third kappa shape index (κ3) is 6.33. The molecule has 0 radical (unpaired) electrons. The first-order valence-corrected chi connectivity index (χ1v) is 8.79. The second-order valence-electron chi connectivity index (χ2n) is 6.63. The second-order valence-corrected chi connectivity index (χ2v) is 6.63. The van der Waals surface area contributed by atoms with Crippen molar-refractivity contribution in [2.45, 2.75) is 45.3 Å². The lowest BCUT2D eigenvalue weighted by Crippen LogP contribution is -2.26. The molecule has 0 bridgehead atoms. The number of carbonyl (C=O) groups excluding carboxylic acids is 1. The van der Waals surface area contributed by atoms with Gasteiger partial charge in [0, 0.05) is 25.2 Å². The summed E-state index contributed by atoms with van der Waals surface area (Å²) in [5.74, 6) is 0.181. The van der Waals surface area contributed by atoms with Crippen LogP contribution in [0.15, 0.2) is 54.6 Å². The van der Waals surface area contributed by atoms with Crippen molar-refractivity contribution in [2.75, 3.05) is 11.9 Å². The smallest absolute Gasteiger partial charge is 0.221 e. The number of anilines is 1. The number of nitrogens with one attached hydrogen (secondary N) is 2. The van der Waals surface area contributed by atoms with Gasteiger partial charge in [0.25, 0.3) is 0 Å². The summed E-state index contributed by atoms with van der Waals surface area (Å²) < 4.78 is 0. The highest BCUT2D eigenvalue weighted by molar-refractivity contribution is 5.88. The Morgan fingerprint density at radius 3 is 2.36 bits per heavy atom. The first kappa shape index (κ1) is 19.2. The lowest BCUT2D eigenvalue weighted by molar-refractivity contribution is -0.114. The maximum atomic E-state index is 11.2. The Kier molecular flexibility index (Phi) is 7.16. The van der Waals surface area contributed by atoms with Crippen LogP contribution in [0.4, 0.5) is 5.69 Å². The normalized spacial score (nSPS) is 14.6. The van der Waals surface area contributed by atoms with Crippen LogP contribution in [0.25, 0.3) is 0 Å². The highest BCUT2D eigenvalue weighted by Crippen LogP contribution is 2.23. The third-order valence-corrected chi connectivity index (χ3v) is 4.27. The predicted octanol–water partition coefficient (Wildman–Crippen LogP) is 3.85. The summed E-state index contributed by atoms with van der Waals surface area (Å²) in [6, 6.07) is 18.3. The van der Waals surface area contributed by atoms with Gasteiger partial charge in [-0.25, -0.2) is 0 Å². The number of rotatable bonds is 8. The fourth-order valence-corrected chi connectivity index (χ4v) is 3.00. The van der Waals surface area contributed by atoms with E-state index in [-0.39, 0.29) is 24.0 Å². The van der Waals surface area contributed by atoms with Crippen molar-refractivity contribution in [1.29, 1.82) is 0 Å². The van der Waals surface area contributed by atoms with E-state index >= 15 is 0 Å². The number of benzene rings is 2. The van der Waals surface area contributed by atoms with E-state index in [1.54, 1.807) is 0 Å². The highest BCUT2D eigenvalue weighted by Gasteiger charge is 2.16. The molecule has 1 amide bonds. The van der Waals surface area contributed by atoms with Crippen molar-refractivity contribution in [3.8, 4) is 0 Å². The molecule has 0 aliphatic carbocycles. The zero-order valence-electron chi connectivity index (χ0n) is 15.2. The maximum Gasteiger partial charge on any atom is 0.221 e. The fraction of sp³-hybridized carbons (Fsp3) is 0.381. The van der Waals surface area contributed by atoms with Crippen LogP contribution in [-0.4, -0.2) is 23.7 Å². The molecule has 0 spiro atoms. The van der Waals surface area contributed by atoms with E-state index in [9.17, 15) is 9.90 Å². The molecule has 134 valence electrons. The van der Waals surface area contributed by atoms with Gasteiger partial charge in [-0.15, -0.1) is 0 Å². The number of aliphatic hydroxyl groups is 1. The molecule has 4 heteroatoms. The van der Waals surface area contributed by atoms with E-state index in [1.165, 1.54) is 12.5 Å². The lowest BCUT2D eigenvalue weighted by Gasteiger charge is -2.23. The Hall–Kier alpha value is -2.17. The Bertz CT molecular complexity index is 671. The minimum atomic E-state index is -0.342. The molecule has 0 aliphatic heterocycles. The van der Waals surface area contributed by atoms with Gasteiger partial charge in [0.05, 0.1) is 6.10 Å². The first-order valence-electron chi connectivity index (χ1n) is 8.79. The van der Waals surface area contributed by atoms with Crippen molar-refractivity contribution >= 4 is 11.6 Å². The summed E-state index contributed by atoms with van der Waals surface area (Å²) in [4.78, 5) is 11.2. The van der Waals surface area contributed by atoms with E-state index in [0.29, 0.717) is 0 Å². The van der Waals surface area contributed by atoms with E-state index < -0.39 is 0 Å². The molecule has 0 unspecified atom stereocenters. The Labute approximate surface area is 150 Å². The molecule has 0 saturated heterocycles. The van der Waals surface area contributed by atoms with Crippen LogP contribution in [0.3, 0.4) is 0 Å². The molecule has 2 aromatic rings. The molecule has 0 aromatic heterocycles. The predicted molar refractivity (Wildman–Crippen MR) is 103 cm³/mol. The summed E-state index contributed by atoms with van der Waals surface area (Å²) in [7, 11) is 0. The molecule has 3 N–H and O–H groups in total. The minimum Gasteiger partial charge on any atom is -0.393 e. The molecule has 0 saturated carbocycles. The van der Waals surface area contributed by atoms with Gasteiger partial charge in [0.2, 0.25) is 5.91 Å². The van der Waals surface area contributed by atoms with Gasteiger partial charge in [0.1, 0.15) is 0 Å². The van der Waals surface area contributed by atoms with Crippen LogP contribution in [0.1, 0.15) is 50.3 Å². The van der Waals surface area contributed by atoms with Crippen LogP contribution in [0.5, 0.6) is 0 Å². The quantitative estimate of drug-likeness (QED) is 0.684. The Morgan fingerprint density at radius 1 is 1.04 bits per heavy atom. The van der Waals surface area contributed by atoms with Crippen LogP contribution >= 0.6 is 0 Å². The minimum absolute atomic E-state index is 0.0705. The summed E-state index contributed by atoms with van der Waals surface area (Å²) in [5.41, 5.74) is 3.16. The molecular weight excluding hydrogens is 312 g/mol.